The molecule has 0 aliphatic carbocycles. The second-order valence-electron chi connectivity index (χ2n) is 5.38. The molecule has 1 aromatic carbocycles. The smallest absolute Gasteiger partial charge is 0.428 e. The van der Waals surface area contributed by atoms with Gasteiger partial charge in [0.05, 0.1) is 0 Å². The van der Waals surface area contributed by atoms with Gasteiger partial charge in [-0.2, -0.15) is 0 Å². The van der Waals surface area contributed by atoms with Crippen LogP contribution in [0.4, 0.5) is 4.79 Å². The first kappa shape index (κ1) is 14.5. The standard InChI is InChI=1S/C15H17NO3S/c1-10-9-20-13(16-10)11-5-7-12(8-6-11)18-14(17)19-15(2,3)4/h5-9H,1-4H3. The van der Waals surface area contributed by atoms with E-state index in [0.29, 0.717) is 5.75 Å². The van der Waals surface area contributed by atoms with E-state index in [1.165, 1.54) is 0 Å². The molecule has 106 valence electrons. The molecule has 0 aliphatic heterocycles. The first-order valence-electron chi connectivity index (χ1n) is 6.27. The Balaban J connectivity index is 2.03. The number of thiazole rings is 1. The van der Waals surface area contributed by atoms with Gasteiger partial charge in [-0.1, -0.05) is 0 Å². The number of aryl methyl sites for hydroxylation is 1. The van der Waals surface area contributed by atoms with Gasteiger partial charge in [-0.15, -0.1) is 11.3 Å². The van der Waals surface area contributed by atoms with Gasteiger partial charge in [0.2, 0.25) is 0 Å². The average molecular weight is 291 g/mol. The van der Waals surface area contributed by atoms with Crippen molar-refractivity contribution in [2.45, 2.75) is 33.3 Å². The summed E-state index contributed by atoms with van der Waals surface area (Å²) in [5.41, 5.74) is 1.44. The molecule has 5 heteroatoms. The molecule has 0 N–H and O–H groups in total. The minimum Gasteiger partial charge on any atom is -0.428 e. The van der Waals surface area contributed by atoms with Gasteiger partial charge in [0.1, 0.15) is 16.4 Å². The van der Waals surface area contributed by atoms with Gasteiger partial charge in [0, 0.05) is 16.6 Å². The first-order valence-corrected chi connectivity index (χ1v) is 7.15. The fourth-order valence-electron chi connectivity index (χ4n) is 1.52. The molecular weight excluding hydrogens is 274 g/mol. The Bertz CT molecular complexity index is 596. The molecule has 0 bridgehead atoms. The van der Waals surface area contributed by atoms with Crippen molar-refractivity contribution in [2.75, 3.05) is 0 Å². The van der Waals surface area contributed by atoms with Crippen LogP contribution in [0, 0.1) is 6.92 Å². The molecule has 0 atom stereocenters. The number of aromatic nitrogens is 1. The molecule has 0 unspecified atom stereocenters. The molecule has 0 radical (unpaired) electrons. The zero-order valence-electron chi connectivity index (χ0n) is 12.0. The average Bonchev–Trinajstić information content (AvgIpc) is 2.74. The SMILES string of the molecule is Cc1csc(-c2ccc(OC(=O)OC(C)(C)C)cc2)n1. The summed E-state index contributed by atoms with van der Waals surface area (Å²) in [5, 5.41) is 2.95. The molecule has 4 nitrogen and oxygen atoms in total. The number of rotatable bonds is 2. The lowest BCUT2D eigenvalue weighted by Gasteiger charge is -2.18. The number of ether oxygens (including phenoxy) is 2. The van der Waals surface area contributed by atoms with Crippen LogP contribution in [0.2, 0.25) is 0 Å². The van der Waals surface area contributed by atoms with Crippen LogP contribution < -0.4 is 4.74 Å². The fraction of sp³-hybridized carbons (Fsp3) is 0.333. The lowest BCUT2D eigenvalue weighted by Crippen LogP contribution is -2.25. The maximum atomic E-state index is 11.5. The molecule has 0 amide bonds. The Morgan fingerprint density at radius 1 is 1.20 bits per heavy atom. The highest BCUT2D eigenvalue weighted by molar-refractivity contribution is 7.13. The van der Waals surface area contributed by atoms with Crippen LogP contribution in [0.15, 0.2) is 29.6 Å². The molecule has 20 heavy (non-hydrogen) atoms. The molecule has 2 rings (SSSR count). The van der Waals surface area contributed by atoms with Gasteiger partial charge < -0.3 is 9.47 Å². The summed E-state index contributed by atoms with van der Waals surface area (Å²) >= 11 is 1.59. The van der Waals surface area contributed by atoms with Crippen LogP contribution in [0.1, 0.15) is 26.5 Å². The zero-order chi connectivity index (χ0) is 14.8. The zero-order valence-corrected chi connectivity index (χ0v) is 12.8. The molecule has 0 spiro atoms. The Morgan fingerprint density at radius 3 is 2.35 bits per heavy atom. The van der Waals surface area contributed by atoms with Crippen molar-refractivity contribution in [2.24, 2.45) is 0 Å². The summed E-state index contributed by atoms with van der Waals surface area (Å²) in [5.74, 6) is 0.455. The van der Waals surface area contributed by atoms with Crippen molar-refractivity contribution in [3.05, 3.63) is 35.3 Å². The highest BCUT2D eigenvalue weighted by atomic mass is 32.1. The second-order valence-corrected chi connectivity index (χ2v) is 6.24. The molecule has 1 heterocycles. The predicted octanol–water partition coefficient (Wildman–Crippen LogP) is 4.43. The van der Waals surface area contributed by atoms with E-state index < -0.39 is 11.8 Å². The highest BCUT2D eigenvalue weighted by Crippen LogP contribution is 2.25. The fourth-order valence-corrected chi connectivity index (χ4v) is 2.32. The summed E-state index contributed by atoms with van der Waals surface area (Å²) in [6.07, 6.45) is -0.699. The summed E-state index contributed by atoms with van der Waals surface area (Å²) in [6, 6.07) is 7.21. The third kappa shape index (κ3) is 4.06. The van der Waals surface area contributed by atoms with Gasteiger partial charge in [0.25, 0.3) is 0 Å². The predicted molar refractivity (Wildman–Crippen MR) is 79.1 cm³/mol. The van der Waals surface area contributed by atoms with E-state index in [-0.39, 0.29) is 0 Å². The number of carbonyl (C=O) groups excluding carboxylic acids is 1. The molecule has 0 aliphatic rings. The lowest BCUT2D eigenvalue weighted by atomic mass is 10.2. The molecule has 1 aromatic heterocycles. The molecule has 0 saturated heterocycles. The monoisotopic (exact) mass is 291 g/mol. The Hall–Kier alpha value is -1.88. The van der Waals surface area contributed by atoms with Gasteiger partial charge >= 0.3 is 6.16 Å². The van der Waals surface area contributed by atoms with Crippen LogP contribution in [0.3, 0.4) is 0 Å². The normalized spacial score (nSPS) is 11.2. The Morgan fingerprint density at radius 2 is 1.85 bits per heavy atom. The maximum absolute atomic E-state index is 11.5. The summed E-state index contributed by atoms with van der Waals surface area (Å²) < 4.78 is 10.2. The van der Waals surface area contributed by atoms with Crippen LogP contribution in [-0.4, -0.2) is 16.7 Å². The van der Waals surface area contributed by atoms with E-state index in [1.54, 1.807) is 44.2 Å². The summed E-state index contributed by atoms with van der Waals surface area (Å²) in [7, 11) is 0. The van der Waals surface area contributed by atoms with E-state index in [4.69, 9.17) is 9.47 Å². The van der Waals surface area contributed by atoms with Gasteiger partial charge in [-0.3, -0.25) is 0 Å². The largest absolute Gasteiger partial charge is 0.514 e. The third-order valence-corrected chi connectivity index (χ3v) is 3.32. The topological polar surface area (TPSA) is 48.4 Å². The Labute approximate surface area is 122 Å². The number of carbonyl (C=O) groups is 1. The maximum Gasteiger partial charge on any atom is 0.514 e. The van der Waals surface area contributed by atoms with Gasteiger partial charge in [-0.05, 0) is 52.0 Å². The van der Waals surface area contributed by atoms with E-state index in [0.717, 1.165) is 16.3 Å². The van der Waals surface area contributed by atoms with E-state index in [2.05, 4.69) is 4.98 Å². The van der Waals surface area contributed by atoms with Crippen molar-refractivity contribution in [1.29, 1.82) is 0 Å². The quantitative estimate of drug-likeness (QED) is 0.606. The first-order chi connectivity index (χ1) is 9.33. The van der Waals surface area contributed by atoms with Crippen LogP contribution in [-0.2, 0) is 4.74 Å². The van der Waals surface area contributed by atoms with Crippen molar-refractivity contribution in [3.8, 4) is 16.3 Å². The van der Waals surface area contributed by atoms with E-state index in [1.807, 2.05) is 24.4 Å². The molecule has 2 aromatic rings. The molecular formula is C15H17NO3S. The van der Waals surface area contributed by atoms with Crippen LogP contribution >= 0.6 is 11.3 Å². The minimum absolute atomic E-state index is 0.455. The second kappa shape index (κ2) is 5.63. The van der Waals surface area contributed by atoms with Crippen molar-refractivity contribution >= 4 is 17.5 Å². The van der Waals surface area contributed by atoms with Crippen LogP contribution in [0.5, 0.6) is 5.75 Å². The number of hydrogen-bond donors (Lipinski definition) is 0. The number of hydrogen-bond acceptors (Lipinski definition) is 5. The van der Waals surface area contributed by atoms with Gasteiger partial charge in [0.15, 0.2) is 0 Å². The summed E-state index contributed by atoms with van der Waals surface area (Å²) in [6.45, 7) is 7.34. The molecule has 0 fully saturated rings. The third-order valence-electron chi connectivity index (χ3n) is 2.31. The lowest BCUT2D eigenvalue weighted by molar-refractivity contribution is 0.0206. The van der Waals surface area contributed by atoms with Crippen molar-refractivity contribution < 1.29 is 14.3 Å². The minimum atomic E-state index is -0.699. The van der Waals surface area contributed by atoms with Crippen molar-refractivity contribution in [1.82, 2.24) is 4.98 Å². The van der Waals surface area contributed by atoms with Crippen LogP contribution in [0.25, 0.3) is 10.6 Å². The van der Waals surface area contributed by atoms with E-state index >= 15 is 0 Å². The molecule has 0 saturated carbocycles. The van der Waals surface area contributed by atoms with Crippen molar-refractivity contribution in [3.63, 3.8) is 0 Å². The summed E-state index contributed by atoms with van der Waals surface area (Å²) in [4.78, 5) is 15.9. The highest BCUT2D eigenvalue weighted by Gasteiger charge is 2.18. The Kier molecular flexibility index (Phi) is 4.09. The number of benzene rings is 1. The van der Waals surface area contributed by atoms with E-state index in [9.17, 15) is 4.79 Å². The number of nitrogens with zero attached hydrogens (tertiary/aromatic N) is 1. The van der Waals surface area contributed by atoms with Gasteiger partial charge in [-0.25, -0.2) is 9.78 Å².